The van der Waals surface area contributed by atoms with Crippen molar-refractivity contribution in [3.05, 3.63) is 59.2 Å². The van der Waals surface area contributed by atoms with Gasteiger partial charge in [-0.1, -0.05) is 24.3 Å². The van der Waals surface area contributed by atoms with Crippen molar-refractivity contribution >= 4 is 11.4 Å². The molecule has 2 heteroatoms. The summed E-state index contributed by atoms with van der Waals surface area (Å²) < 4.78 is 0. The summed E-state index contributed by atoms with van der Waals surface area (Å²) in [6.07, 6.45) is 4.93. The SMILES string of the molecule is CNC1CCCc2cc(N3CCc4ccccc43)ccc21. The predicted molar refractivity (Wildman–Crippen MR) is 88.3 cm³/mol. The van der Waals surface area contributed by atoms with Crippen molar-refractivity contribution in [3.63, 3.8) is 0 Å². The fourth-order valence-corrected chi connectivity index (χ4v) is 3.87. The number of hydrogen-bond acceptors (Lipinski definition) is 2. The third-order valence-corrected chi connectivity index (χ3v) is 4.99. The summed E-state index contributed by atoms with van der Waals surface area (Å²) in [6, 6.07) is 16.4. The minimum atomic E-state index is 0.536. The van der Waals surface area contributed by atoms with Gasteiger partial charge in [0.25, 0.3) is 0 Å². The van der Waals surface area contributed by atoms with Crippen molar-refractivity contribution in [2.75, 3.05) is 18.5 Å². The van der Waals surface area contributed by atoms with E-state index in [4.69, 9.17) is 0 Å². The van der Waals surface area contributed by atoms with E-state index in [1.54, 1.807) is 0 Å². The van der Waals surface area contributed by atoms with E-state index in [0.717, 1.165) is 13.0 Å². The van der Waals surface area contributed by atoms with Crippen LogP contribution in [0.1, 0.15) is 35.6 Å². The largest absolute Gasteiger partial charge is 0.341 e. The van der Waals surface area contributed by atoms with Gasteiger partial charge >= 0.3 is 0 Å². The third kappa shape index (κ3) is 2.14. The number of rotatable bonds is 2. The normalized spacial score (nSPS) is 20.2. The minimum Gasteiger partial charge on any atom is -0.341 e. The van der Waals surface area contributed by atoms with Crippen molar-refractivity contribution in [1.29, 1.82) is 0 Å². The molecule has 2 aliphatic rings. The van der Waals surface area contributed by atoms with Gasteiger partial charge in [0.05, 0.1) is 0 Å². The van der Waals surface area contributed by atoms with Gasteiger partial charge in [0.1, 0.15) is 0 Å². The number of nitrogens with zero attached hydrogens (tertiary/aromatic N) is 1. The molecule has 4 rings (SSSR count). The molecule has 108 valence electrons. The molecule has 2 aromatic rings. The Hall–Kier alpha value is -1.80. The number of benzene rings is 2. The second-order valence-electron chi connectivity index (χ2n) is 6.15. The van der Waals surface area contributed by atoms with E-state index < -0.39 is 0 Å². The van der Waals surface area contributed by atoms with Gasteiger partial charge in [0, 0.05) is 24.0 Å². The van der Waals surface area contributed by atoms with Gasteiger partial charge < -0.3 is 10.2 Å². The lowest BCUT2D eigenvalue weighted by Crippen LogP contribution is -2.22. The highest BCUT2D eigenvalue weighted by atomic mass is 15.2. The topological polar surface area (TPSA) is 15.3 Å². The van der Waals surface area contributed by atoms with Crippen LogP contribution in [0.2, 0.25) is 0 Å². The molecule has 2 nitrogen and oxygen atoms in total. The highest BCUT2D eigenvalue weighted by molar-refractivity contribution is 5.70. The second-order valence-corrected chi connectivity index (χ2v) is 6.15. The Morgan fingerprint density at radius 1 is 1.05 bits per heavy atom. The Balaban J connectivity index is 1.72. The maximum atomic E-state index is 3.45. The average molecular weight is 278 g/mol. The summed E-state index contributed by atoms with van der Waals surface area (Å²) in [7, 11) is 2.07. The Kier molecular flexibility index (Phi) is 3.19. The third-order valence-electron chi connectivity index (χ3n) is 4.99. The van der Waals surface area contributed by atoms with Gasteiger partial charge in [-0.25, -0.2) is 0 Å². The molecule has 1 heterocycles. The van der Waals surface area contributed by atoms with E-state index in [9.17, 15) is 0 Å². The van der Waals surface area contributed by atoms with E-state index in [1.165, 1.54) is 47.3 Å². The molecule has 0 radical (unpaired) electrons. The molecule has 2 aromatic carbocycles. The monoisotopic (exact) mass is 278 g/mol. The maximum Gasteiger partial charge on any atom is 0.0444 e. The maximum absolute atomic E-state index is 3.45. The summed E-state index contributed by atoms with van der Waals surface area (Å²) in [5.74, 6) is 0. The Labute approximate surface area is 126 Å². The van der Waals surface area contributed by atoms with Gasteiger partial charge in [-0.3, -0.25) is 0 Å². The van der Waals surface area contributed by atoms with Gasteiger partial charge in [-0.05, 0) is 67.6 Å². The molecule has 0 saturated heterocycles. The van der Waals surface area contributed by atoms with E-state index in [-0.39, 0.29) is 0 Å². The molecular formula is C19H22N2. The summed E-state index contributed by atoms with van der Waals surface area (Å²) in [5.41, 5.74) is 7.25. The van der Waals surface area contributed by atoms with Crippen LogP contribution < -0.4 is 10.2 Å². The zero-order valence-corrected chi connectivity index (χ0v) is 12.6. The summed E-state index contributed by atoms with van der Waals surface area (Å²) in [6.45, 7) is 1.10. The fraction of sp³-hybridized carbons (Fsp3) is 0.368. The molecule has 1 atom stereocenters. The zero-order valence-electron chi connectivity index (χ0n) is 12.6. The number of para-hydroxylation sites is 1. The highest BCUT2D eigenvalue weighted by Gasteiger charge is 2.23. The summed E-state index contributed by atoms with van der Waals surface area (Å²) in [4.78, 5) is 2.47. The standard InChI is InChI=1S/C19H22N2/c1-20-18-7-4-6-15-13-16(9-10-17(15)18)21-12-11-14-5-2-3-8-19(14)21/h2-3,5,8-10,13,18,20H,4,6-7,11-12H2,1H3. The number of aryl methyl sites for hydroxylation is 1. The molecule has 21 heavy (non-hydrogen) atoms. The lowest BCUT2D eigenvalue weighted by molar-refractivity contribution is 0.496. The number of hydrogen-bond donors (Lipinski definition) is 1. The Bertz CT molecular complexity index is 662. The molecule has 1 unspecified atom stereocenters. The van der Waals surface area contributed by atoms with Crippen molar-refractivity contribution in [3.8, 4) is 0 Å². The molecule has 0 bridgehead atoms. The highest BCUT2D eigenvalue weighted by Crippen LogP contribution is 2.37. The van der Waals surface area contributed by atoms with Crippen molar-refractivity contribution in [1.82, 2.24) is 5.32 Å². The molecule has 1 aliphatic carbocycles. The number of anilines is 2. The van der Waals surface area contributed by atoms with E-state index in [0.29, 0.717) is 6.04 Å². The molecule has 0 aromatic heterocycles. The molecule has 1 aliphatic heterocycles. The first-order valence-corrected chi connectivity index (χ1v) is 8.02. The van der Waals surface area contributed by atoms with Crippen LogP contribution in [0.3, 0.4) is 0 Å². The first-order chi connectivity index (χ1) is 10.4. The van der Waals surface area contributed by atoms with Gasteiger partial charge in [-0.15, -0.1) is 0 Å². The number of fused-ring (bicyclic) bond motifs is 2. The van der Waals surface area contributed by atoms with Crippen LogP contribution in [0.15, 0.2) is 42.5 Å². The van der Waals surface area contributed by atoms with E-state index >= 15 is 0 Å². The predicted octanol–water partition coefficient (Wildman–Crippen LogP) is 3.98. The van der Waals surface area contributed by atoms with Gasteiger partial charge in [0.15, 0.2) is 0 Å². The molecule has 0 amide bonds. The van der Waals surface area contributed by atoms with Crippen LogP contribution in [0.25, 0.3) is 0 Å². The second kappa shape index (κ2) is 5.19. The van der Waals surface area contributed by atoms with Crippen LogP contribution >= 0.6 is 0 Å². The fourth-order valence-electron chi connectivity index (χ4n) is 3.87. The minimum absolute atomic E-state index is 0.536. The van der Waals surface area contributed by atoms with Crippen LogP contribution in [0.5, 0.6) is 0 Å². The van der Waals surface area contributed by atoms with E-state index in [2.05, 4.69) is 59.7 Å². The van der Waals surface area contributed by atoms with Crippen LogP contribution in [0.4, 0.5) is 11.4 Å². The number of nitrogens with one attached hydrogen (secondary N) is 1. The van der Waals surface area contributed by atoms with Crippen molar-refractivity contribution < 1.29 is 0 Å². The summed E-state index contributed by atoms with van der Waals surface area (Å²) in [5, 5.41) is 3.45. The quantitative estimate of drug-likeness (QED) is 0.894. The zero-order chi connectivity index (χ0) is 14.2. The van der Waals surface area contributed by atoms with Crippen molar-refractivity contribution in [2.24, 2.45) is 0 Å². The van der Waals surface area contributed by atoms with Crippen LogP contribution in [-0.2, 0) is 12.8 Å². The summed E-state index contributed by atoms with van der Waals surface area (Å²) >= 11 is 0. The lowest BCUT2D eigenvalue weighted by atomic mass is 9.87. The molecule has 0 fully saturated rings. The Morgan fingerprint density at radius 2 is 1.95 bits per heavy atom. The van der Waals surface area contributed by atoms with Gasteiger partial charge in [-0.2, -0.15) is 0 Å². The first-order valence-electron chi connectivity index (χ1n) is 8.02. The van der Waals surface area contributed by atoms with Gasteiger partial charge in [0.2, 0.25) is 0 Å². The first kappa shape index (κ1) is 12.9. The van der Waals surface area contributed by atoms with Crippen LogP contribution in [-0.4, -0.2) is 13.6 Å². The van der Waals surface area contributed by atoms with Crippen molar-refractivity contribution in [2.45, 2.75) is 31.7 Å². The molecule has 1 N–H and O–H groups in total. The van der Waals surface area contributed by atoms with E-state index in [1.807, 2.05) is 0 Å². The Morgan fingerprint density at radius 3 is 2.86 bits per heavy atom. The average Bonchev–Trinajstić information content (AvgIpc) is 2.97. The van der Waals surface area contributed by atoms with Crippen LogP contribution in [0, 0.1) is 0 Å². The molecule has 0 spiro atoms. The molecule has 0 saturated carbocycles. The smallest absolute Gasteiger partial charge is 0.0444 e. The lowest BCUT2D eigenvalue weighted by Gasteiger charge is -2.28. The molecular weight excluding hydrogens is 256 g/mol.